The van der Waals surface area contributed by atoms with Gasteiger partial charge in [-0.2, -0.15) is 0 Å². The second-order valence-electron chi connectivity index (χ2n) is 5.49. The Morgan fingerprint density at radius 2 is 1.84 bits per heavy atom. The van der Waals surface area contributed by atoms with Crippen LogP contribution in [0.25, 0.3) is 10.8 Å². The second-order valence-corrected chi connectivity index (χ2v) is 6.99. The number of halogens is 1. The lowest BCUT2D eigenvalue weighted by Gasteiger charge is -2.07. The van der Waals surface area contributed by atoms with Gasteiger partial charge in [0.15, 0.2) is 5.82 Å². The highest BCUT2D eigenvalue weighted by molar-refractivity contribution is 7.99. The molecular weight excluding hydrogens is 352 g/mol. The number of nitrogens with two attached hydrogens (primary N) is 2. The molecule has 6 heteroatoms. The number of pyridine rings is 1. The molecule has 0 saturated carbocycles. The minimum atomic E-state index is 0.324. The molecule has 4 nitrogen and oxygen atoms in total. The molecule has 25 heavy (non-hydrogen) atoms. The van der Waals surface area contributed by atoms with E-state index in [0.717, 1.165) is 20.7 Å². The highest BCUT2D eigenvalue weighted by Gasteiger charge is 2.08. The first kappa shape index (κ1) is 17.3. The van der Waals surface area contributed by atoms with Crippen LogP contribution in [0, 0.1) is 0 Å². The average molecular weight is 369 g/mol. The fraction of sp³-hybridized carbons (Fsp3) is 0.0526. The predicted molar refractivity (Wildman–Crippen MR) is 107 cm³/mol. The standard InChI is InChI=1S/C19H17ClN4S/c1-12(21)10-17(22)23-18-11-13-4-2-3-5-16(13)19(24-18)25-15-8-6-14(20)7-9-15/h2-11H,21H2,1H3,(H2,22,23,24)/b12-10-. The van der Waals surface area contributed by atoms with Crippen molar-refractivity contribution in [3.05, 3.63) is 71.4 Å². The van der Waals surface area contributed by atoms with E-state index in [-0.39, 0.29) is 0 Å². The summed E-state index contributed by atoms with van der Waals surface area (Å²) in [5.74, 6) is 0.871. The van der Waals surface area contributed by atoms with Gasteiger partial charge >= 0.3 is 0 Å². The van der Waals surface area contributed by atoms with Crippen molar-refractivity contribution in [1.29, 1.82) is 0 Å². The first-order valence-electron chi connectivity index (χ1n) is 7.62. The van der Waals surface area contributed by atoms with Gasteiger partial charge in [-0.05, 0) is 48.7 Å². The third-order valence-corrected chi connectivity index (χ3v) is 4.60. The largest absolute Gasteiger partial charge is 0.402 e. The summed E-state index contributed by atoms with van der Waals surface area (Å²) in [5, 5.41) is 3.68. The minimum Gasteiger partial charge on any atom is -0.402 e. The summed E-state index contributed by atoms with van der Waals surface area (Å²) < 4.78 is 0. The van der Waals surface area contributed by atoms with Crippen molar-refractivity contribution in [2.24, 2.45) is 16.5 Å². The van der Waals surface area contributed by atoms with E-state index in [1.807, 2.05) is 54.6 Å². The fourth-order valence-corrected chi connectivity index (χ4v) is 3.36. The van der Waals surface area contributed by atoms with Crippen LogP contribution < -0.4 is 11.5 Å². The lowest BCUT2D eigenvalue weighted by atomic mass is 10.2. The van der Waals surface area contributed by atoms with Crippen LogP contribution in [0.15, 0.2) is 81.3 Å². The van der Waals surface area contributed by atoms with Gasteiger partial charge in [-0.25, -0.2) is 9.98 Å². The summed E-state index contributed by atoms with van der Waals surface area (Å²) in [7, 11) is 0. The van der Waals surface area contributed by atoms with Gasteiger partial charge in [-0.3, -0.25) is 0 Å². The van der Waals surface area contributed by atoms with Crippen LogP contribution in [0.1, 0.15) is 6.92 Å². The van der Waals surface area contributed by atoms with Gasteiger partial charge in [0.05, 0.1) is 0 Å². The maximum absolute atomic E-state index is 5.96. The number of hydrogen-bond donors (Lipinski definition) is 2. The molecule has 0 atom stereocenters. The van der Waals surface area contributed by atoms with E-state index >= 15 is 0 Å². The van der Waals surface area contributed by atoms with E-state index in [9.17, 15) is 0 Å². The Morgan fingerprint density at radius 3 is 2.56 bits per heavy atom. The molecule has 2 aromatic carbocycles. The molecule has 0 fully saturated rings. The summed E-state index contributed by atoms with van der Waals surface area (Å²) in [6.07, 6.45) is 1.61. The Morgan fingerprint density at radius 1 is 1.12 bits per heavy atom. The van der Waals surface area contributed by atoms with E-state index in [1.54, 1.807) is 24.8 Å². The van der Waals surface area contributed by atoms with E-state index in [4.69, 9.17) is 23.1 Å². The van der Waals surface area contributed by atoms with Crippen LogP contribution in [0.3, 0.4) is 0 Å². The predicted octanol–water partition coefficient (Wildman–Crippen LogP) is 4.89. The number of nitrogens with zero attached hydrogens (tertiary/aromatic N) is 2. The van der Waals surface area contributed by atoms with Gasteiger partial charge in [0, 0.05) is 21.0 Å². The van der Waals surface area contributed by atoms with Crippen LogP contribution in [0.2, 0.25) is 5.02 Å². The lowest BCUT2D eigenvalue weighted by Crippen LogP contribution is -2.10. The first-order chi connectivity index (χ1) is 12.0. The Balaban J connectivity index is 2.06. The van der Waals surface area contributed by atoms with Crippen LogP contribution in [0.4, 0.5) is 5.82 Å². The highest BCUT2D eigenvalue weighted by Crippen LogP contribution is 2.34. The number of hydrogen-bond acceptors (Lipinski definition) is 4. The molecule has 3 aromatic rings. The molecule has 0 bridgehead atoms. The lowest BCUT2D eigenvalue weighted by molar-refractivity contribution is 1.15. The van der Waals surface area contributed by atoms with Gasteiger partial charge in [-0.1, -0.05) is 47.6 Å². The summed E-state index contributed by atoms with van der Waals surface area (Å²) in [6.45, 7) is 1.76. The number of benzene rings is 2. The number of aromatic nitrogens is 1. The van der Waals surface area contributed by atoms with E-state index in [1.165, 1.54) is 0 Å². The number of fused-ring (bicyclic) bond motifs is 1. The molecule has 0 aliphatic carbocycles. The van der Waals surface area contributed by atoms with Crippen molar-refractivity contribution >= 4 is 45.8 Å². The maximum atomic E-state index is 5.96. The molecule has 0 unspecified atom stereocenters. The van der Waals surface area contributed by atoms with Crippen LogP contribution in [0.5, 0.6) is 0 Å². The number of allylic oxidation sites excluding steroid dienone is 1. The molecule has 0 aliphatic rings. The van der Waals surface area contributed by atoms with Crippen molar-refractivity contribution in [3.8, 4) is 0 Å². The van der Waals surface area contributed by atoms with Crippen molar-refractivity contribution in [2.75, 3.05) is 0 Å². The molecule has 0 aliphatic heterocycles. The Bertz CT molecular complexity index is 961. The monoisotopic (exact) mass is 368 g/mol. The molecule has 126 valence electrons. The first-order valence-corrected chi connectivity index (χ1v) is 8.82. The summed E-state index contributed by atoms with van der Waals surface area (Å²) in [4.78, 5) is 10.1. The second kappa shape index (κ2) is 7.59. The summed E-state index contributed by atoms with van der Waals surface area (Å²) in [5.41, 5.74) is 12.1. The van der Waals surface area contributed by atoms with Crippen molar-refractivity contribution in [2.45, 2.75) is 16.8 Å². The van der Waals surface area contributed by atoms with Crippen molar-refractivity contribution < 1.29 is 0 Å². The molecule has 1 aromatic heterocycles. The SMILES string of the molecule is C/C(N)=C/C(N)=N\c1cc2ccccc2c(Sc2ccc(Cl)cc2)n1. The van der Waals surface area contributed by atoms with Gasteiger partial charge in [0.25, 0.3) is 0 Å². The van der Waals surface area contributed by atoms with Crippen LogP contribution in [-0.4, -0.2) is 10.8 Å². The third-order valence-electron chi connectivity index (χ3n) is 3.34. The van der Waals surface area contributed by atoms with E-state index in [0.29, 0.717) is 22.4 Å². The fourth-order valence-electron chi connectivity index (χ4n) is 2.30. The average Bonchev–Trinajstić information content (AvgIpc) is 2.56. The zero-order chi connectivity index (χ0) is 17.8. The maximum Gasteiger partial charge on any atom is 0.156 e. The molecule has 1 heterocycles. The molecule has 0 spiro atoms. The quantitative estimate of drug-likeness (QED) is 0.507. The highest BCUT2D eigenvalue weighted by atomic mass is 35.5. The molecule has 3 rings (SSSR count). The van der Waals surface area contributed by atoms with Gasteiger partial charge in [-0.15, -0.1) is 0 Å². The van der Waals surface area contributed by atoms with Crippen molar-refractivity contribution in [3.63, 3.8) is 0 Å². The summed E-state index contributed by atoms with van der Waals surface area (Å²) >= 11 is 7.52. The van der Waals surface area contributed by atoms with Gasteiger partial charge in [0.1, 0.15) is 10.9 Å². The van der Waals surface area contributed by atoms with E-state index < -0.39 is 0 Å². The van der Waals surface area contributed by atoms with E-state index in [2.05, 4.69) is 9.98 Å². The minimum absolute atomic E-state index is 0.324. The topological polar surface area (TPSA) is 77.3 Å². The molecule has 0 amide bonds. The molecule has 0 radical (unpaired) electrons. The van der Waals surface area contributed by atoms with Gasteiger partial charge < -0.3 is 11.5 Å². The Labute approximate surface area is 155 Å². The summed E-state index contributed by atoms with van der Waals surface area (Å²) in [6, 6.07) is 17.6. The smallest absolute Gasteiger partial charge is 0.156 e. The zero-order valence-electron chi connectivity index (χ0n) is 13.6. The molecule has 4 N–H and O–H groups in total. The zero-order valence-corrected chi connectivity index (χ0v) is 15.2. The molecule has 0 saturated heterocycles. The number of amidine groups is 1. The van der Waals surface area contributed by atoms with Crippen LogP contribution >= 0.6 is 23.4 Å². The Kier molecular flexibility index (Phi) is 5.26. The molecular formula is C19H17ClN4S. The van der Waals surface area contributed by atoms with Crippen molar-refractivity contribution in [1.82, 2.24) is 4.98 Å². The van der Waals surface area contributed by atoms with Gasteiger partial charge in [0.2, 0.25) is 0 Å². The number of aliphatic imine (C=N–C) groups is 1. The normalized spacial score (nSPS) is 12.6. The Hall–Kier alpha value is -2.50. The number of rotatable bonds is 4. The van der Waals surface area contributed by atoms with Crippen LogP contribution in [-0.2, 0) is 0 Å². The third kappa shape index (κ3) is 4.53.